The number of carbonyl (C=O) groups is 2. The summed E-state index contributed by atoms with van der Waals surface area (Å²) in [5.41, 5.74) is 5.00. The highest BCUT2D eigenvalue weighted by atomic mass is 79.9. The summed E-state index contributed by atoms with van der Waals surface area (Å²) in [6.45, 7) is 0.147. The van der Waals surface area contributed by atoms with E-state index in [0.717, 1.165) is 26.7 Å². The summed E-state index contributed by atoms with van der Waals surface area (Å²) < 4.78 is 6.30. The molecule has 3 aromatic carbocycles. The fraction of sp³-hybridized carbons (Fsp3) is 0.167. The normalized spacial score (nSPS) is 13.2. The Bertz CT molecular complexity index is 1100. The molecule has 3 aromatic rings. The van der Waals surface area contributed by atoms with Gasteiger partial charge in [-0.2, -0.15) is 0 Å². The van der Waals surface area contributed by atoms with E-state index >= 15 is 0 Å². The lowest BCUT2D eigenvalue weighted by atomic mass is 9.98. The van der Waals surface area contributed by atoms with Gasteiger partial charge in [0.05, 0.1) is 12.5 Å². The topological polar surface area (TPSA) is 75.6 Å². The van der Waals surface area contributed by atoms with E-state index < -0.39 is 18.1 Å². The molecule has 0 spiro atoms. The molecule has 1 atom stereocenters. The van der Waals surface area contributed by atoms with Crippen LogP contribution in [0, 0.1) is 0 Å². The van der Waals surface area contributed by atoms with Gasteiger partial charge in [0.2, 0.25) is 0 Å². The molecule has 0 bridgehead atoms. The smallest absolute Gasteiger partial charge is 0.407 e. The van der Waals surface area contributed by atoms with Crippen LogP contribution in [-0.2, 0) is 9.53 Å². The van der Waals surface area contributed by atoms with Crippen LogP contribution in [0.5, 0.6) is 0 Å². The lowest BCUT2D eigenvalue weighted by molar-refractivity contribution is -0.137. The first-order chi connectivity index (χ1) is 14.9. The zero-order valence-electron chi connectivity index (χ0n) is 16.3. The van der Waals surface area contributed by atoms with E-state index in [4.69, 9.17) is 16.3 Å². The number of nitrogens with one attached hydrogen (secondary N) is 1. The van der Waals surface area contributed by atoms with Gasteiger partial charge in [-0.1, -0.05) is 82.1 Å². The number of fused-ring (bicyclic) bond motifs is 3. The predicted octanol–water partition coefficient (Wildman–Crippen LogP) is 6.16. The first-order valence-corrected chi connectivity index (χ1v) is 10.9. The van der Waals surface area contributed by atoms with Gasteiger partial charge < -0.3 is 15.2 Å². The summed E-state index contributed by atoms with van der Waals surface area (Å²) >= 11 is 9.59. The molecule has 2 N–H and O–H groups in total. The van der Waals surface area contributed by atoms with Crippen molar-refractivity contribution in [3.63, 3.8) is 0 Å². The van der Waals surface area contributed by atoms with Gasteiger partial charge in [0.1, 0.15) is 6.61 Å². The molecule has 0 unspecified atom stereocenters. The van der Waals surface area contributed by atoms with Crippen molar-refractivity contribution < 1.29 is 19.4 Å². The summed E-state index contributed by atoms with van der Waals surface area (Å²) in [5.74, 6) is -1.13. The van der Waals surface area contributed by atoms with E-state index in [9.17, 15) is 14.7 Å². The van der Waals surface area contributed by atoms with Gasteiger partial charge in [0.15, 0.2) is 0 Å². The predicted molar refractivity (Wildman–Crippen MR) is 122 cm³/mol. The Kier molecular flexibility index (Phi) is 6.30. The second kappa shape index (κ2) is 9.12. The molecule has 1 aliphatic rings. The molecule has 0 heterocycles. The van der Waals surface area contributed by atoms with E-state index in [1.54, 1.807) is 18.2 Å². The van der Waals surface area contributed by atoms with Gasteiger partial charge in [-0.05, 0) is 39.9 Å². The average Bonchev–Trinajstić information content (AvgIpc) is 3.05. The molecule has 0 saturated carbocycles. The maximum absolute atomic E-state index is 12.6. The van der Waals surface area contributed by atoms with Crippen LogP contribution >= 0.6 is 27.5 Å². The van der Waals surface area contributed by atoms with Crippen LogP contribution < -0.4 is 5.32 Å². The van der Waals surface area contributed by atoms with Gasteiger partial charge in [-0.15, -0.1) is 0 Å². The number of hydrogen-bond donors (Lipinski definition) is 2. The second-order valence-electron chi connectivity index (χ2n) is 7.29. The van der Waals surface area contributed by atoms with Crippen LogP contribution in [0.1, 0.15) is 35.1 Å². The summed E-state index contributed by atoms with van der Waals surface area (Å²) in [7, 11) is 0. The third-order valence-electron chi connectivity index (χ3n) is 5.35. The Morgan fingerprint density at radius 2 is 1.65 bits per heavy atom. The lowest BCUT2D eigenvalue weighted by Crippen LogP contribution is -2.31. The van der Waals surface area contributed by atoms with Crippen molar-refractivity contribution in [3.05, 3.63) is 92.9 Å². The Balaban J connectivity index is 1.50. The van der Waals surface area contributed by atoms with Crippen LogP contribution in [-0.4, -0.2) is 23.8 Å². The zero-order valence-corrected chi connectivity index (χ0v) is 18.7. The molecule has 31 heavy (non-hydrogen) atoms. The molecular weight excluding hydrogens is 482 g/mol. The van der Waals surface area contributed by atoms with Crippen LogP contribution in [0.25, 0.3) is 11.1 Å². The van der Waals surface area contributed by atoms with Gasteiger partial charge in [0.25, 0.3) is 0 Å². The maximum atomic E-state index is 12.6. The fourth-order valence-electron chi connectivity index (χ4n) is 3.98. The fourth-order valence-corrected chi connectivity index (χ4v) is 4.78. The Morgan fingerprint density at radius 3 is 2.23 bits per heavy atom. The van der Waals surface area contributed by atoms with Crippen molar-refractivity contribution in [2.45, 2.75) is 18.4 Å². The van der Waals surface area contributed by atoms with Crippen molar-refractivity contribution in [2.75, 3.05) is 6.61 Å². The van der Waals surface area contributed by atoms with Gasteiger partial charge in [0, 0.05) is 15.4 Å². The number of benzene rings is 3. The van der Waals surface area contributed by atoms with Gasteiger partial charge in [-0.3, -0.25) is 4.79 Å². The number of aliphatic carboxylic acids is 1. The summed E-state index contributed by atoms with van der Waals surface area (Å²) in [6, 6.07) is 20.4. The third-order valence-corrected chi connectivity index (χ3v) is 6.17. The van der Waals surface area contributed by atoms with Crippen molar-refractivity contribution in [1.82, 2.24) is 5.32 Å². The first-order valence-electron chi connectivity index (χ1n) is 9.72. The number of carboxylic acids is 1. The lowest BCUT2D eigenvalue weighted by Gasteiger charge is -2.20. The highest BCUT2D eigenvalue weighted by Crippen LogP contribution is 2.44. The molecule has 0 aliphatic heterocycles. The standard InChI is InChI=1S/C24H19BrClNO4/c25-14-9-10-19(21(26)11-14)22(12-23(28)29)27-24(30)31-13-20-17-7-3-1-5-15(17)16-6-2-4-8-18(16)20/h1-11,20,22H,12-13H2,(H,27,30)(H,28,29)/t22-/m1/s1. The van der Waals surface area contributed by atoms with Crippen molar-refractivity contribution in [2.24, 2.45) is 0 Å². The Morgan fingerprint density at radius 1 is 1.03 bits per heavy atom. The van der Waals surface area contributed by atoms with E-state index in [1.807, 2.05) is 36.4 Å². The first kappa shape index (κ1) is 21.4. The van der Waals surface area contributed by atoms with Crippen LogP contribution in [0.3, 0.4) is 0 Å². The molecule has 0 saturated heterocycles. The summed E-state index contributed by atoms with van der Waals surface area (Å²) in [4.78, 5) is 23.9. The summed E-state index contributed by atoms with van der Waals surface area (Å²) in [5, 5.41) is 12.3. The van der Waals surface area contributed by atoms with Crippen LogP contribution in [0.2, 0.25) is 5.02 Å². The monoisotopic (exact) mass is 499 g/mol. The number of alkyl carbamates (subject to hydrolysis) is 1. The number of halogens is 2. The molecule has 7 heteroatoms. The molecule has 1 amide bonds. The molecule has 5 nitrogen and oxygen atoms in total. The Hall–Kier alpha value is -2.83. The molecular formula is C24H19BrClNO4. The molecule has 1 aliphatic carbocycles. The average molecular weight is 501 g/mol. The number of carboxylic acid groups (broad SMARTS) is 1. The Labute approximate surface area is 193 Å². The van der Waals surface area contributed by atoms with Crippen molar-refractivity contribution >= 4 is 39.6 Å². The molecule has 0 radical (unpaired) electrons. The van der Waals surface area contributed by atoms with E-state index in [1.165, 1.54) is 0 Å². The largest absolute Gasteiger partial charge is 0.481 e. The van der Waals surface area contributed by atoms with Crippen molar-refractivity contribution in [1.29, 1.82) is 0 Å². The third kappa shape index (κ3) is 4.60. The van der Waals surface area contributed by atoms with E-state index in [-0.39, 0.29) is 18.9 Å². The van der Waals surface area contributed by atoms with Crippen molar-refractivity contribution in [3.8, 4) is 11.1 Å². The van der Waals surface area contributed by atoms with Crippen LogP contribution in [0.15, 0.2) is 71.2 Å². The highest BCUT2D eigenvalue weighted by Gasteiger charge is 2.29. The van der Waals surface area contributed by atoms with Gasteiger partial charge in [-0.25, -0.2) is 4.79 Å². The minimum absolute atomic E-state index is 0.0765. The van der Waals surface area contributed by atoms with E-state index in [0.29, 0.717) is 10.6 Å². The quantitative estimate of drug-likeness (QED) is 0.425. The number of hydrogen-bond acceptors (Lipinski definition) is 3. The molecule has 158 valence electrons. The van der Waals surface area contributed by atoms with Crippen LogP contribution in [0.4, 0.5) is 4.79 Å². The number of rotatable bonds is 6. The molecule has 0 fully saturated rings. The van der Waals surface area contributed by atoms with E-state index in [2.05, 4.69) is 33.4 Å². The number of ether oxygens (including phenoxy) is 1. The maximum Gasteiger partial charge on any atom is 0.407 e. The second-order valence-corrected chi connectivity index (χ2v) is 8.61. The minimum Gasteiger partial charge on any atom is -0.481 e. The number of carbonyl (C=O) groups excluding carboxylic acids is 1. The number of amides is 1. The minimum atomic E-state index is -1.05. The highest BCUT2D eigenvalue weighted by molar-refractivity contribution is 9.10. The van der Waals surface area contributed by atoms with Gasteiger partial charge >= 0.3 is 12.1 Å². The molecule has 4 rings (SSSR count). The SMILES string of the molecule is O=C(O)C[C@@H](NC(=O)OCC1c2ccccc2-c2ccccc21)c1ccc(Br)cc1Cl. The zero-order chi connectivity index (χ0) is 22.0. The molecule has 0 aromatic heterocycles. The summed E-state index contributed by atoms with van der Waals surface area (Å²) in [6.07, 6.45) is -1.00.